The van der Waals surface area contributed by atoms with E-state index in [2.05, 4.69) is 10.2 Å². The molecule has 0 aromatic heterocycles. The van der Waals surface area contributed by atoms with Crippen molar-refractivity contribution in [1.29, 1.82) is 0 Å². The van der Waals surface area contributed by atoms with Crippen molar-refractivity contribution in [1.82, 2.24) is 0 Å². The Kier molecular flexibility index (Phi) is 4.96. The summed E-state index contributed by atoms with van der Waals surface area (Å²) in [6.07, 6.45) is 13.9. The Morgan fingerprint density at radius 3 is 1.88 bits per heavy atom. The first kappa shape index (κ1) is 13.0. The summed E-state index contributed by atoms with van der Waals surface area (Å²) < 4.78 is 0. The van der Waals surface area contributed by atoms with Crippen LogP contribution in [-0.4, -0.2) is 16.9 Å². The van der Waals surface area contributed by atoms with E-state index in [1.54, 1.807) is 0 Å². The number of hydrogen-bond donors (Lipinski definition) is 1. The Balaban J connectivity index is 1.88. The van der Waals surface area contributed by atoms with Crippen LogP contribution >= 0.6 is 0 Å². The van der Waals surface area contributed by atoms with Crippen LogP contribution < -0.4 is 0 Å². The second-order valence-corrected chi connectivity index (χ2v) is 5.76. The lowest BCUT2D eigenvalue weighted by Crippen LogP contribution is -2.24. The molecule has 0 unspecified atom stereocenters. The van der Waals surface area contributed by atoms with E-state index in [0.717, 1.165) is 25.7 Å². The zero-order valence-electron chi connectivity index (χ0n) is 10.9. The van der Waals surface area contributed by atoms with E-state index in [9.17, 15) is 5.11 Å². The lowest BCUT2D eigenvalue weighted by Gasteiger charge is -2.20. The van der Waals surface area contributed by atoms with E-state index >= 15 is 0 Å². The van der Waals surface area contributed by atoms with Crippen molar-refractivity contribution in [2.24, 2.45) is 10.2 Å². The molecule has 98 valence electrons. The van der Waals surface area contributed by atoms with E-state index in [0.29, 0.717) is 6.04 Å². The lowest BCUT2D eigenvalue weighted by atomic mass is 10.1. The van der Waals surface area contributed by atoms with E-state index in [-0.39, 0.29) is 0 Å². The number of hydrogen-bond acceptors (Lipinski definition) is 3. The molecule has 0 amide bonds. The van der Waals surface area contributed by atoms with Crippen LogP contribution in [0, 0.1) is 0 Å². The van der Waals surface area contributed by atoms with Crippen molar-refractivity contribution in [3.05, 3.63) is 0 Å². The van der Waals surface area contributed by atoms with Crippen LogP contribution in [0.1, 0.15) is 77.0 Å². The van der Waals surface area contributed by atoms with E-state index in [1.165, 1.54) is 51.4 Å². The van der Waals surface area contributed by atoms with Crippen LogP contribution in [-0.2, 0) is 0 Å². The van der Waals surface area contributed by atoms with Gasteiger partial charge in [-0.2, -0.15) is 10.2 Å². The molecule has 3 nitrogen and oxygen atoms in total. The van der Waals surface area contributed by atoms with Gasteiger partial charge in [0.15, 0.2) is 5.72 Å². The molecule has 3 heteroatoms. The summed E-state index contributed by atoms with van der Waals surface area (Å²) in [7, 11) is 0. The predicted octanol–water partition coefficient (Wildman–Crippen LogP) is 4.20. The molecule has 0 atom stereocenters. The van der Waals surface area contributed by atoms with E-state index in [4.69, 9.17) is 0 Å². The summed E-state index contributed by atoms with van der Waals surface area (Å²) in [6.45, 7) is 0. The maximum Gasteiger partial charge on any atom is 0.176 e. The Bertz CT molecular complexity index is 237. The second-order valence-electron chi connectivity index (χ2n) is 5.76. The molecule has 0 aromatic carbocycles. The minimum atomic E-state index is -0.831. The lowest BCUT2D eigenvalue weighted by molar-refractivity contribution is 0.0248. The van der Waals surface area contributed by atoms with Crippen molar-refractivity contribution in [3.63, 3.8) is 0 Å². The minimum Gasteiger partial charge on any atom is -0.368 e. The first-order valence-electron chi connectivity index (χ1n) is 7.43. The van der Waals surface area contributed by atoms with Crippen molar-refractivity contribution >= 4 is 0 Å². The molecule has 2 fully saturated rings. The molecular weight excluding hydrogens is 212 g/mol. The number of rotatable bonds is 2. The van der Waals surface area contributed by atoms with E-state index in [1.807, 2.05) is 0 Å². The molecule has 0 heterocycles. The van der Waals surface area contributed by atoms with Gasteiger partial charge in [-0.3, -0.25) is 0 Å². The minimum absolute atomic E-state index is 0.379. The van der Waals surface area contributed by atoms with Crippen LogP contribution in [0.3, 0.4) is 0 Å². The van der Waals surface area contributed by atoms with Crippen molar-refractivity contribution in [2.75, 3.05) is 0 Å². The predicted molar refractivity (Wildman–Crippen MR) is 69.0 cm³/mol. The Morgan fingerprint density at radius 2 is 1.29 bits per heavy atom. The molecule has 0 saturated heterocycles. The van der Waals surface area contributed by atoms with Gasteiger partial charge < -0.3 is 5.11 Å². The monoisotopic (exact) mass is 238 g/mol. The van der Waals surface area contributed by atoms with Crippen LogP contribution in [0.2, 0.25) is 0 Å². The summed E-state index contributed by atoms with van der Waals surface area (Å²) in [5, 5.41) is 19.2. The summed E-state index contributed by atoms with van der Waals surface area (Å²) >= 11 is 0. The normalized spacial score (nSPS) is 27.8. The standard InChI is InChI=1S/C14H26N2O/c17-14(11-7-3-4-8-12-14)16-15-13-9-5-1-2-6-10-13/h13,17H,1-12H2/b16-15+. The molecular formula is C14H26N2O. The summed E-state index contributed by atoms with van der Waals surface area (Å²) in [5.41, 5.74) is -0.831. The third-order valence-electron chi connectivity index (χ3n) is 4.14. The quantitative estimate of drug-likeness (QED) is 0.568. The van der Waals surface area contributed by atoms with E-state index < -0.39 is 5.72 Å². The molecule has 0 aliphatic heterocycles. The van der Waals surface area contributed by atoms with Gasteiger partial charge in [-0.1, -0.05) is 38.5 Å². The number of nitrogens with zero attached hydrogens (tertiary/aromatic N) is 2. The third-order valence-corrected chi connectivity index (χ3v) is 4.14. The average Bonchev–Trinajstić information content (AvgIpc) is 2.69. The van der Waals surface area contributed by atoms with Gasteiger partial charge >= 0.3 is 0 Å². The molecule has 0 bridgehead atoms. The van der Waals surface area contributed by atoms with Gasteiger partial charge in [0.05, 0.1) is 6.04 Å². The molecule has 1 N–H and O–H groups in total. The number of azo groups is 1. The molecule has 0 radical (unpaired) electrons. The molecule has 2 saturated carbocycles. The first-order valence-corrected chi connectivity index (χ1v) is 7.43. The van der Waals surface area contributed by atoms with Gasteiger partial charge in [-0.15, -0.1) is 0 Å². The zero-order chi connectivity index (χ0) is 12.0. The number of aliphatic hydroxyl groups is 1. The topological polar surface area (TPSA) is 45.0 Å². The highest BCUT2D eigenvalue weighted by Crippen LogP contribution is 2.29. The van der Waals surface area contributed by atoms with Gasteiger partial charge in [0, 0.05) is 0 Å². The fraction of sp³-hybridized carbons (Fsp3) is 1.00. The Labute approximate surface area is 105 Å². The third kappa shape index (κ3) is 4.38. The maximum absolute atomic E-state index is 10.4. The largest absolute Gasteiger partial charge is 0.368 e. The van der Waals surface area contributed by atoms with Crippen LogP contribution in [0.4, 0.5) is 0 Å². The van der Waals surface area contributed by atoms with Crippen molar-refractivity contribution in [3.8, 4) is 0 Å². The Morgan fingerprint density at radius 1 is 0.765 bits per heavy atom. The van der Waals surface area contributed by atoms with Gasteiger partial charge in [-0.25, -0.2) is 0 Å². The molecule has 2 rings (SSSR count). The molecule has 2 aliphatic carbocycles. The summed E-state index contributed by atoms with van der Waals surface area (Å²) in [5.74, 6) is 0. The maximum atomic E-state index is 10.4. The van der Waals surface area contributed by atoms with Gasteiger partial charge in [0.1, 0.15) is 0 Å². The summed E-state index contributed by atoms with van der Waals surface area (Å²) in [6, 6.07) is 0.379. The Hall–Kier alpha value is -0.440. The molecule has 2 aliphatic rings. The van der Waals surface area contributed by atoms with Crippen LogP contribution in [0.5, 0.6) is 0 Å². The van der Waals surface area contributed by atoms with Crippen molar-refractivity contribution in [2.45, 2.75) is 88.8 Å². The average molecular weight is 238 g/mol. The van der Waals surface area contributed by atoms with Crippen molar-refractivity contribution < 1.29 is 5.11 Å². The fourth-order valence-electron chi connectivity index (χ4n) is 2.96. The highest BCUT2D eigenvalue weighted by Gasteiger charge is 2.27. The highest BCUT2D eigenvalue weighted by atomic mass is 16.3. The smallest absolute Gasteiger partial charge is 0.176 e. The molecule has 17 heavy (non-hydrogen) atoms. The SMILES string of the molecule is OC1(/N=N/C2CCCCCC2)CCCCCC1. The van der Waals surface area contributed by atoms with Gasteiger partial charge in [0.25, 0.3) is 0 Å². The molecule has 0 aromatic rings. The summed E-state index contributed by atoms with van der Waals surface area (Å²) in [4.78, 5) is 0. The molecule has 0 spiro atoms. The highest BCUT2D eigenvalue weighted by molar-refractivity contribution is 4.78. The van der Waals surface area contributed by atoms with Crippen LogP contribution in [0.15, 0.2) is 10.2 Å². The van der Waals surface area contributed by atoms with Gasteiger partial charge in [0.2, 0.25) is 0 Å². The second kappa shape index (κ2) is 6.48. The van der Waals surface area contributed by atoms with Gasteiger partial charge in [-0.05, 0) is 38.5 Å². The zero-order valence-corrected chi connectivity index (χ0v) is 10.9. The fourth-order valence-corrected chi connectivity index (χ4v) is 2.96. The van der Waals surface area contributed by atoms with Crippen LogP contribution in [0.25, 0.3) is 0 Å². The first-order chi connectivity index (χ1) is 8.29.